The second-order valence-electron chi connectivity index (χ2n) is 6.79. The topological polar surface area (TPSA) is 66.8 Å². The Balaban J connectivity index is 0. The van der Waals surface area contributed by atoms with Gasteiger partial charge in [0, 0.05) is 5.56 Å². The van der Waals surface area contributed by atoms with Gasteiger partial charge in [0.05, 0.1) is 0 Å². The zero-order valence-corrected chi connectivity index (χ0v) is 15.7. The number of phosphoric ester groups is 1. The zero-order valence-electron chi connectivity index (χ0n) is 13.2. The number of phosphoric acid groups is 1. The first-order valence-corrected chi connectivity index (χ1v) is 7.74. The molecule has 1 aromatic rings. The van der Waals surface area contributed by atoms with Crippen molar-refractivity contribution in [3.8, 4) is 5.75 Å². The highest BCUT2D eigenvalue weighted by Gasteiger charge is 2.26. The molecule has 0 aliphatic rings. The number of benzene rings is 1. The molecule has 0 spiro atoms. The fourth-order valence-corrected chi connectivity index (χ4v) is 2.21. The molecule has 2 N–H and O–H groups in total. The van der Waals surface area contributed by atoms with Crippen LogP contribution in [-0.4, -0.2) is 9.79 Å². The average Bonchev–Trinajstić information content (AvgIpc) is 2.11. The van der Waals surface area contributed by atoms with E-state index in [1.807, 2.05) is 32.9 Å². The van der Waals surface area contributed by atoms with Crippen LogP contribution in [0, 0.1) is 0 Å². The summed E-state index contributed by atoms with van der Waals surface area (Å²) < 4.78 is 15.8. The van der Waals surface area contributed by atoms with Gasteiger partial charge in [-0.25, -0.2) is 4.57 Å². The lowest BCUT2D eigenvalue weighted by Crippen LogP contribution is -2.17. The maximum absolute atomic E-state index is 11.0. The van der Waals surface area contributed by atoms with Crippen LogP contribution in [0.2, 0.25) is 0 Å². The molecule has 0 radical (unpaired) electrons. The second-order valence-corrected chi connectivity index (χ2v) is 7.96. The van der Waals surface area contributed by atoms with Crippen LogP contribution >= 0.6 is 32.6 Å². The lowest BCUT2D eigenvalue weighted by molar-refractivity contribution is 0.281. The minimum atomic E-state index is -4.54. The van der Waals surface area contributed by atoms with E-state index in [2.05, 4.69) is 20.8 Å². The van der Waals surface area contributed by atoms with E-state index < -0.39 is 7.82 Å². The Kier molecular flexibility index (Phi) is 8.05. The largest absolute Gasteiger partial charge is 0.524 e. The number of hydrogen-bond acceptors (Lipinski definition) is 2. The summed E-state index contributed by atoms with van der Waals surface area (Å²) in [4.78, 5) is 18.0. The molecule has 124 valence electrons. The summed E-state index contributed by atoms with van der Waals surface area (Å²) in [5.74, 6) is 0.244. The molecule has 0 aliphatic carbocycles. The Labute approximate surface area is 139 Å². The van der Waals surface area contributed by atoms with Crippen molar-refractivity contribution in [3.63, 3.8) is 0 Å². The summed E-state index contributed by atoms with van der Waals surface area (Å²) in [7, 11) is -4.54. The van der Waals surface area contributed by atoms with Gasteiger partial charge in [-0.2, -0.15) is 0 Å². The summed E-state index contributed by atoms with van der Waals surface area (Å²) >= 11 is 0. The first-order chi connectivity index (χ1) is 8.31. The Morgan fingerprint density at radius 1 is 0.952 bits per heavy atom. The van der Waals surface area contributed by atoms with Crippen molar-refractivity contribution < 1.29 is 18.9 Å². The predicted octanol–water partition coefficient (Wildman–Crippen LogP) is 4.60. The molecule has 21 heavy (non-hydrogen) atoms. The van der Waals surface area contributed by atoms with Crippen LogP contribution in [0.3, 0.4) is 0 Å². The van der Waals surface area contributed by atoms with Crippen LogP contribution in [0.5, 0.6) is 5.75 Å². The van der Waals surface area contributed by atoms with Crippen molar-refractivity contribution in [3.05, 3.63) is 29.3 Å². The fourth-order valence-electron chi connectivity index (χ4n) is 1.79. The molecule has 0 atom stereocenters. The van der Waals surface area contributed by atoms with Crippen LogP contribution in [-0.2, 0) is 15.4 Å². The second kappa shape index (κ2) is 7.34. The van der Waals surface area contributed by atoms with Crippen molar-refractivity contribution in [1.29, 1.82) is 0 Å². The molecule has 0 fully saturated rings. The summed E-state index contributed by atoms with van der Waals surface area (Å²) in [6.07, 6.45) is 0. The highest BCUT2D eigenvalue weighted by Crippen LogP contribution is 2.43. The molecule has 0 aliphatic heterocycles. The van der Waals surface area contributed by atoms with E-state index >= 15 is 0 Å². The molecule has 7 heteroatoms. The van der Waals surface area contributed by atoms with Gasteiger partial charge >= 0.3 is 7.82 Å². The van der Waals surface area contributed by atoms with Gasteiger partial charge in [-0.05, 0) is 22.5 Å². The van der Waals surface area contributed by atoms with E-state index in [0.717, 1.165) is 11.1 Å². The normalized spacial score (nSPS) is 12.2. The van der Waals surface area contributed by atoms with E-state index in [9.17, 15) is 4.57 Å². The van der Waals surface area contributed by atoms with Crippen molar-refractivity contribution in [2.75, 3.05) is 0 Å². The summed E-state index contributed by atoms with van der Waals surface area (Å²) in [6.45, 7) is 12.2. The lowest BCUT2D eigenvalue weighted by atomic mass is 9.80. The van der Waals surface area contributed by atoms with Crippen LogP contribution in [0.15, 0.2) is 18.2 Å². The Hall–Kier alpha value is -0.250. The maximum Gasteiger partial charge on any atom is 0.524 e. The van der Waals surface area contributed by atoms with Gasteiger partial charge in [0.25, 0.3) is 0 Å². The molecule has 0 bridgehead atoms. The SMILES string of the molecule is CC(C)(C)c1ccc(OP(=O)(O)O)c(C(C)(C)C)c1.Cl.Cl. The van der Waals surface area contributed by atoms with E-state index in [0.29, 0.717) is 0 Å². The predicted molar refractivity (Wildman–Crippen MR) is 91.0 cm³/mol. The van der Waals surface area contributed by atoms with Gasteiger partial charge < -0.3 is 4.52 Å². The third-order valence-corrected chi connectivity index (χ3v) is 3.31. The summed E-state index contributed by atoms with van der Waals surface area (Å²) in [6, 6.07) is 5.45. The Morgan fingerprint density at radius 2 is 1.43 bits per heavy atom. The molecule has 0 saturated heterocycles. The van der Waals surface area contributed by atoms with Crippen molar-refractivity contribution in [2.24, 2.45) is 0 Å². The molecule has 0 heterocycles. The van der Waals surface area contributed by atoms with Crippen molar-refractivity contribution in [2.45, 2.75) is 52.4 Å². The monoisotopic (exact) mass is 358 g/mol. The zero-order chi connectivity index (χ0) is 15.1. The Morgan fingerprint density at radius 3 is 1.76 bits per heavy atom. The third-order valence-electron chi connectivity index (χ3n) is 2.87. The van der Waals surface area contributed by atoms with E-state index in [-0.39, 0.29) is 41.4 Å². The molecule has 0 saturated carbocycles. The minimum Gasteiger partial charge on any atom is -0.404 e. The summed E-state index contributed by atoms with van der Waals surface area (Å²) in [5.41, 5.74) is 1.62. The lowest BCUT2D eigenvalue weighted by Gasteiger charge is -2.27. The molecular formula is C14H25Cl2O4P. The number of halogens is 2. The van der Waals surface area contributed by atoms with E-state index in [4.69, 9.17) is 14.3 Å². The standard InChI is InChI=1S/C14H23O4P.2ClH/c1-13(2,3)10-7-8-12(18-19(15,16)17)11(9-10)14(4,5)6;;/h7-9H,1-6H3,(H2,15,16,17);2*1H. The molecule has 1 aromatic carbocycles. The van der Waals surface area contributed by atoms with Gasteiger partial charge in [-0.1, -0.05) is 53.7 Å². The fraction of sp³-hybridized carbons (Fsp3) is 0.571. The van der Waals surface area contributed by atoms with Gasteiger partial charge in [-0.3, -0.25) is 9.79 Å². The van der Waals surface area contributed by atoms with Crippen LogP contribution < -0.4 is 4.52 Å². The number of rotatable bonds is 2. The molecule has 4 nitrogen and oxygen atoms in total. The molecule has 0 aromatic heterocycles. The average molecular weight is 359 g/mol. The van der Waals surface area contributed by atoms with Crippen molar-refractivity contribution in [1.82, 2.24) is 0 Å². The van der Waals surface area contributed by atoms with Crippen LogP contribution in [0.4, 0.5) is 0 Å². The quantitative estimate of drug-likeness (QED) is 0.758. The highest BCUT2D eigenvalue weighted by molar-refractivity contribution is 7.46. The van der Waals surface area contributed by atoms with Gasteiger partial charge in [0.1, 0.15) is 5.75 Å². The minimum absolute atomic E-state index is 0. The third kappa shape index (κ3) is 7.03. The van der Waals surface area contributed by atoms with Crippen LogP contribution in [0.25, 0.3) is 0 Å². The van der Waals surface area contributed by atoms with Gasteiger partial charge in [0.15, 0.2) is 0 Å². The molecule has 0 unspecified atom stereocenters. The first-order valence-electron chi connectivity index (χ1n) is 6.21. The maximum atomic E-state index is 11.0. The molecule has 1 rings (SSSR count). The van der Waals surface area contributed by atoms with E-state index in [1.165, 1.54) is 0 Å². The van der Waals surface area contributed by atoms with Crippen molar-refractivity contribution >= 4 is 32.6 Å². The molecule has 0 amide bonds. The Bertz CT molecular complexity index is 513. The van der Waals surface area contributed by atoms with Gasteiger partial charge in [0.2, 0.25) is 0 Å². The first kappa shape index (κ1) is 23.0. The van der Waals surface area contributed by atoms with Crippen LogP contribution in [0.1, 0.15) is 52.7 Å². The molecular weight excluding hydrogens is 334 g/mol. The summed E-state index contributed by atoms with van der Waals surface area (Å²) in [5, 5.41) is 0. The number of hydrogen-bond donors (Lipinski definition) is 2. The van der Waals surface area contributed by atoms with Gasteiger partial charge in [-0.15, -0.1) is 24.8 Å². The highest BCUT2D eigenvalue weighted by atomic mass is 35.5. The smallest absolute Gasteiger partial charge is 0.404 e. The van der Waals surface area contributed by atoms with E-state index in [1.54, 1.807) is 6.07 Å².